The van der Waals surface area contributed by atoms with E-state index < -0.39 is 5.91 Å². The summed E-state index contributed by atoms with van der Waals surface area (Å²) in [6, 6.07) is 13.1. The zero-order chi connectivity index (χ0) is 20.8. The van der Waals surface area contributed by atoms with Crippen LogP contribution >= 0.6 is 0 Å². The van der Waals surface area contributed by atoms with Crippen molar-refractivity contribution in [3.8, 4) is 5.88 Å². The van der Waals surface area contributed by atoms with Crippen LogP contribution in [0.4, 0.5) is 5.69 Å². The van der Waals surface area contributed by atoms with Gasteiger partial charge in [-0.2, -0.15) is 0 Å². The van der Waals surface area contributed by atoms with Crippen LogP contribution in [-0.2, 0) is 18.0 Å². The Kier molecular flexibility index (Phi) is 4.51. The van der Waals surface area contributed by atoms with Crippen molar-refractivity contribution in [3.63, 3.8) is 0 Å². The summed E-state index contributed by atoms with van der Waals surface area (Å²) in [6.07, 6.45) is 1.08. The highest BCUT2D eigenvalue weighted by molar-refractivity contribution is 5.95. The highest BCUT2D eigenvalue weighted by atomic mass is 16.3. The second-order valence-electron chi connectivity index (χ2n) is 8.21. The molecule has 2 atom stereocenters. The summed E-state index contributed by atoms with van der Waals surface area (Å²) in [6.45, 7) is 4.24. The number of pyridine rings is 1. The summed E-state index contributed by atoms with van der Waals surface area (Å²) < 4.78 is 3.74. The number of likely N-dealkylation sites (tertiary alicyclic amines) is 1. The first kappa shape index (κ1) is 18.7. The molecule has 2 bridgehead atoms. The normalized spacial score (nSPS) is 21.2. The van der Waals surface area contributed by atoms with Crippen LogP contribution in [0.3, 0.4) is 0 Å². The number of rotatable bonds is 3. The number of hydrogen-bond donors (Lipinski definition) is 1. The van der Waals surface area contributed by atoms with Gasteiger partial charge in [0.1, 0.15) is 0 Å². The van der Waals surface area contributed by atoms with E-state index in [9.17, 15) is 14.7 Å². The number of nitrogens with zero attached hydrogens (tertiary/aromatic N) is 5. The van der Waals surface area contributed by atoms with Crippen LogP contribution in [0, 0.1) is 5.92 Å². The molecule has 8 nitrogen and oxygen atoms in total. The molecule has 0 saturated carbocycles. The number of hydrogen-bond acceptors (Lipinski definition) is 5. The molecule has 1 saturated heterocycles. The van der Waals surface area contributed by atoms with Gasteiger partial charge in [-0.3, -0.25) is 19.1 Å². The number of para-hydroxylation sites is 1. The van der Waals surface area contributed by atoms with Crippen molar-refractivity contribution < 1.29 is 9.90 Å². The molecular weight excluding hydrogens is 382 g/mol. The van der Waals surface area contributed by atoms with Crippen LogP contribution in [0.5, 0.6) is 5.88 Å². The van der Waals surface area contributed by atoms with Crippen LogP contribution in [0.1, 0.15) is 25.0 Å². The van der Waals surface area contributed by atoms with Gasteiger partial charge in [0.25, 0.3) is 11.5 Å². The quantitative estimate of drug-likeness (QED) is 0.677. The Bertz CT molecular complexity index is 1230. The van der Waals surface area contributed by atoms with E-state index in [2.05, 4.69) is 21.2 Å². The number of azo groups is 1. The summed E-state index contributed by atoms with van der Waals surface area (Å²) in [7, 11) is 0. The molecule has 1 N–H and O–H groups in total. The molecule has 2 aliphatic rings. The third-order valence-corrected chi connectivity index (χ3v) is 6.11. The molecule has 1 aromatic carbocycles. The molecule has 0 spiro atoms. The lowest BCUT2D eigenvalue weighted by Crippen LogP contribution is -2.47. The molecule has 1 amide bonds. The standard InChI is InChI=1S/C22H23N5O3/c1-14(28)23-24-21-17-5-2-3-6-19(17)27(22(21)30)13-25-10-15-9-16(12-25)18-7-4-8-20(29)26(18)11-15/h2-8,15-16,30H,9-13H2,1H3/t15-,16+/m1/s1. The molecule has 0 radical (unpaired) electrons. The minimum absolute atomic E-state index is 0.00792. The molecule has 30 heavy (non-hydrogen) atoms. The first-order chi connectivity index (χ1) is 14.5. The van der Waals surface area contributed by atoms with Crippen molar-refractivity contribution in [3.05, 3.63) is 58.5 Å². The number of aromatic nitrogens is 2. The lowest BCUT2D eigenvalue weighted by molar-refractivity contribution is -0.116. The lowest BCUT2D eigenvalue weighted by Gasteiger charge is -2.42. The van der Waals surface area contributed by atoms with Crippen LogP contribution in [0.2, 0.25) is 0 Å². The van der Waals surface area contributed by atoms with Gasteiger partial charge < -0.3 is 9.67 Å². The second kappa shape index (κ2) is 7.21. The monoisotopic (exact) mass is 405 g/mol. The molecule has 154 valence electrons. The predicted octanol–water partition coefficient (Wildman–Crippen LogP) is 3.22. The molecule has 8 heteroatoms. The van der Waals surface area contributed by atoms with E-state index in [1.54, 1.807) is 6.07 Å². The zero-order valence-electron chi connectivity index (χ0n) is 16.7. The minimum atomic E-state index is -0.413. The molecule has 1 fully saturated rings. The van der Waals surface area contributed by atoms with E-state index in [1.807, 2.05) is 39.5 Å². The van der Waals surface area contributed by atoms with Crippen molar-refractivity contribution in [2.24, 2.45) is 16.1 Å². The maximum absolute atomic E-state index is 12.2. The molecule has 2 aromatic heterocycles. The fourth-order valence-electron chi connectivity index (χ4n) is 4.94. The van der Waals surface area contributed by atoms with Crippen LogP contribution < -0.4 is 5.56 Å². The molecule has 5 rings (SSSR count). The predicted molar refractivity (Wildman–Crippen MR) is 112 cm³/mol. The summed E-state index contributed by atoms with van der Waals surface area (Å²) in [5.74, 6) is 0.293. The Balaban J connectivity index is 1.48. The summed E-state index contributed by atoms with van der Waals surface area (Å²) in [5, 5.41) is 19.2. The van der Waals surface area contributed by atoms with E-state index >= 15 is 0 Å². The van der Waals surface area contributed by atoms with Crippen LogP contribution in [0.25, 0.3) is 10.9 Å². The van der Waals surface area contributed by atoms with Gasteiger partial charge in [-0.05, 0) is 24.5 Å². The maximum Gasteiger partial charge on any atom is 0.261 e. The highest BCUT2D eigenvalue weighted by Crippen LogP contribution is 2.40. The van der Waals surface area contributed by atoms with E-state index in [-0.39, 0.29) is 11.4 Å². The Morgan fingerprint density at radius 1 is 1.13 bits per heavy atom. The van der Waals surface area contributed by atoms with Gasteiger partial charge in [0.05, 0.1) is 12.2 Å². The maximum atomic E-state index is 12.2. The molecular formula is C22H23N5O3. The average molecular weight is 405 g/mol. The van der Waals surface area contributed by atoms with E-state index in [0.717, 1.165) is 42.7 Å². The van der Waals surface area contributed by atoms with Crippen molar-refractivity contribution in [2.45, 2.75) is 32.5 Å². The van der Waals surface area contributed by atoms with Crippen molar-refractivity contribution in [1.29, 1.82) is 0 Å². The molecule has 0 unspecified atom stereocenters. The Morgan fingerprint density at radius 3 is 2.80 bits per heavy atom. The third-order valence-electron chi connectivity index (χ3n) is 6.11. The molecule has 2 aliphatic heterocycles. The Hall–Kier alpha value is -3.26. The Morgan fingerprint density at radius 2 is 1.97 bits per heavy atom. The fraction of sp³-hybridized carbons (Fsp3) is 0.364. The summed E-state index contributed by atoms with van der Waals surface area (Å²) in [5.41, 5.74) is 2.33. The topological polar surface area (TPSA) is 92.2 Å². The van der Waals surface area contributed by atoms with E-state index in [1.165, 1.54) is 6.92 Å². The van der Waals surface area contributed by atoms with Gasteiger partial charge in [0, 0.05) is 49.6 Å². The minimum Gasteiger partial charge on any atom is -0.493 e. The number of fused-ring (bicyclic) bond motifs is 5. The second-order valence-corrected chi connectivity index (χ2v) is 8.21. The number of aromatic hydroxyl groups is 1. The highest BCUT2D eigenvalue weighted by Gasteiger charge is 2.35. The largest absolute Gasteiger partial charge is 0.493 e. The van der Waals surface area contributed by atoms with Gasteiger partial charge in [0.15, 0.2) is 5.69 Å². The van der Waals surface area contributed by atoms with Gasteiger partial charge in [-0.15, -0.1) is 10.2 Å². The number of amides is 1. The number of benzene rings is 1. The molecule has 3 aromatic rings. The third kappa shape index (κ3) is 3.13. The fourth-order valence-corrected chi connectivity index (χ4v) is 4.94. The van der Waals surface area contributed by atoms with E-state index in [4.69, 9.17) is 0 Å². The molecule has 4 heterocycles. The lowest BCUT2D eigenvalue weighted by atomic mass is 9.83. The molecule has 0 aliphatic carbocycles. The van der Waals surface area contributed by atoms with Crippen molar-refractivity contribution >= 4 is 22.5 Å². The first-order valence-corrected chi connectivity index (χ1v) is 10.2. The van der Waals surface area contributed by atoms with Gasteiger partial charge >= 0.3 is 0 Å². The zero-order valence-corrected chi connectivity index (χ0v) is 16.7. The van der Waals surface area contributed by atoms with Crippen molar-refractivity contribution in [1.82, 2.24) is 14.0 Å². The first-order valence-electron chi connectivity index (χ1n) is 10.2. The van der Waals surface area contributed by atoms with Gasteiger partial charge in [0.2, 0.25) is 5.88 Å². The summed E-state index contributed by atoms with van der Waals surface area (Å²) in [4.78, 5) is 25.8. The van der Waals surface area contributed by atoms with Crippen LogP contribution in [0.15, 0.2) is 57.5 Å². The van der Waals surface area contributed by atoms with Gasteiger partial charge in [-0.25, -0.2) is 0 Å². The number of piperidine rings is 1. The van der Waals surface area contributed by atoms with Crippen LogP contribution in [-0.4, -0.2) is 38.1 Å². The SMILES string of the molecule is CC(=O)N=Nc1c(O)n(CN2C[C@H]3C[C@@H](C2)c2cccc(=O)n2C3)c2ccccc12. The smallest absolute Gasteiger partial charge is 0.261 e. The van der Waals surface area contributed by atoms with E-state index in [0.29, 0.717) is 24.2 Å². The number of carbonyl (C=O) groups excluding carboxylic acids is 1. The average Bonchev–Trinajstić information content (AvgIpc) is 2.98. The van der Waals surface area contributed by atoms with Crippen molar-refractivity contribution in [2.75, 3.05) is 13.1 Å². The van der Waals surface area contributed by atoms with Gasteiger partial charge in [-0.1, -0.05) is 24.3 Å². The number of carbonyl (C=O) groups is 1. The Labute approximate surface area is 173 Å². The summed E-state index contributed by atoms with van der Waals surface area (Å²) >= 11 is 0.